The predicted molar refractivity (Wildman–Crippen MR) is 118 cm³/mol. The molecule has 2 aromatic rings. The van der Waals surface area contributed by atoms with Crippen LogP contribution in [0.1, 0.15) is 67.3 Å². The summed E-state index contributed by atoms with van der Waals surface area (Å²) in [5, 5.41) is 41.5. The van der Waals surface area contributed by atoms with Crippen LogP contribution in [0.4, 0.5) is 0 Å². The monoisotopic (exact) mass is 424 g/mol. The van der Waals surface area contributed by atoms with Crippen molar-refractivity contribution in [3.05, 3.63) is 64.8 Å². The van der Waals surface area contributed by atoms with Crippen LogP contribution in [-0.2, 0) is 11.8 Å². The fraction of sp³-hybridized carbons (Fsp3) is 0.320. The van der Waals surface area contributed by atoms with E-state index in [-0.39, 0.29) is 46.5 Å². The zero-order valence-corrected chi connectivity index (χ0v) is 18.2. The second-order valence-electron chi connectivity index (χ2n) is 8.67. The Labute approximate surface area is 181 Å². The van der Waals surface area contributed by atoms with Crippen molar-refractivity contribution in [2.45, 2.75) is 52.1 Å². The van der Waals surface area contributed by atoms with Gasteiger partial charge in [0.15, 0.2) is 5.78 Å². The molecular formula is C25H28O6. The zero-order valence-electron chi connectivity index (χ0n) is 18.2. The smallest absolute Gasteiger partial charge is 0.174 e. The lowest BCUT2D eigenvalue weighted by atomic mass is 9.82. The number of rotatable bonds is 5. The Morgan fingerprint density at radius 3 is 2.35 bits per heavy atom. The summed E-state index contributed by atoms with van der Waals surface area (Å²) in [5.41, 5.74) is 1.70. The maximum atomic E-state index is 12.9. The van der Waals surface area contributed by atoms with Crippen LogP contribution in [0.3, 0.4) is 0 Å². The molecule has 0 fully saturated rings. The molecule has 31 heavy (non-hydrogen) atoms. The first-order valence-electron chi connectivity index (χ1n) is 10.1. The third kappa shape index (κ3) is 4.10. The molecule has 1 unspecified atom stereocenters. The average molecular weight is 424 g/mol. The first kappa shape index (κ1) is 22.3. The van der Waals surface area contributed by atoms with Crippen molar-refractivity contribution in [2.24, 2.45) is 0 Å². The maximum absolute atomic E-state index is 12.9. The van der Waals surface area contributed by atoms with Crippen molar-refractivity contribution < 1.29 is 30.0 Å². The normalized spacial score (nSPS) is 15.7. The summed E-state index contributed by atoms with van der Waals surface area (Å²) >= 11 is 0. The Morgan fingerprint density at radius 1 is 1.10 bits per heavy atom. The van der Waals surface area contributed by atoms with Crippen molar-refractivity contribution in [3.63, 3.8) is 0 Å². The van der Waals surface area contributed by atoms with Gasteiger partial charge in [-0.15, -0.1) is 6.58 Å². The second-order valence-corrected chi connectivity index (χ2v) is 8.67. The average Bonchev–Trinajstić information content (AvgIpc) is 2.66. The minimum absolute atomic E-state index is 0.0242. The van der Waals surface area contributed by atoms with E-state index in [9.17, 15) is 25.2 Å². The number of Topliss-reactive ketones (excluding diaryl/α,β-unsaturated/α-hetero) is 1. The molecule has 0 saturated heterocycles. The topological polar surface area (TPSA) is 107 Å². The highest BCUT2D eigenvalue weighted by atomic mass is 16.5. The summed E-state index contributed by atoms with van der Waals surface area (Å²) in [6, 6.07) is 3.98. The quantitative estimate of drug-likeness (QED) is 0.492. The summed E-state index contributed by atoms with van der Waals surface area (Å²) in [6.07, 6.45) is 2.91. The molecule has 0 bridgehead atoms. The Bertz CT molecular complexity index is 1090. The standard InChI is InChI=1S/C25H28O6/c1-6-25(4,5)16-9-15(18(27)10-19(16)28)22-12-21(30)23-20(29)11-17(26)14(24(23)31-22)8-7-13(2)3/h6-7,9-11,22,26-29H,1,8,12H2,2-5H3. The second kappa shape index (κ2) is 8.02. The summed E-state index contributed by atoms with van der Waals surface area (Å²) in [4.78, 5) is 12.9. The molecule has 0 radical (unpaired) electrons. The molecule has 4 N–H and O–H groups in total. The number of benzene rings is 2. The third-order valence-electron chi connectivity index (χ3n) is 5.66. The van der Waals surface area contributed by atoms with Gasteiger partial charge in [0.25, 0.3) is 0 Å². The molecule has 1 heterocycles. The molecule has 0 aliphatic carbocycles. The van der Waals surface area contributed by atoms with Crippen LogP contribution in [0.25, 0.3) is 0 Å². The summed E-state index contributed by atoms with van der Waals surface area (Å²) in [5.74, 6) is -1.08. The first-order chi connectivity index (χ1) is 14.5. The van der Waals surface area contributed by atoms with Gasteiger partial charge in [-0.1, -0.05) is 31.6 Å². The van der Waals surface area contributed by atoms with Gasteiger partial charge >= 0.3 is 0 Å². The van der Waals surface area contributed by atoms with Crippen LogP contribution in [-0.4, -0.2) is 26.2 Å². The highest BCUT2D eigenvalue weighted by Crippen LogP contribution is 2.48. The van der Waals surface area contributed by atoms with Gasteiger partial charge in [-0.25, -0.2) is 0 Å². The molecule has 6 heteroatoms. The van der Waals surface area contributed by atoms with E-state index in [1.807, 2.05) is 33.8 Å². The van der Waals surface area contributed by atoms with Crippen LogP contribution in [0.5, 0.6) is 28.7 Å². The van der Waals surface area contributed by atoms with E-state index in [1.54, 1.807) is 12.1 Å². The summed E-state index contributed by atoms with van der Waals surface area (Å²) in [6.45, 7) is 11.4. The highest BCUT2D eigenvalue weighted by molar-refractivity contribution is 6.03. The van der Waals surface area contributed by atoms with Gasteiger partial charge in [-0.2, -0.15) is 0 Å². The number of phenols is 4. The van der Waals surface area contributed by atoms with Crippen molar-refractivity contribution in [1.29, 1.82) is 0 Å². The van der Waals surface area contributed by atoms with Crippen LogP contribution >= 0.6 is 0 Å². The van der Waals surface area contributed by atoms with Gasteiger partial charge in [0.1, 0.15) is 40.4 Å². The maximum Gasteiger partial charge on any atom is 0.174 e. The van der Waals surface area contributed by atoms with E-state index in [2.05, 4.69) is 6.58 Å². The van der Waals surface area contributed by atoms with Crippen LogP contribution in [0.15, 0.2) is 42.5 Å². The molecule has 6 nitrogen and oxygen atoms in total. The molecule has 3 rings (SSSR count). The zero-order chi connectivity index (χ0) is 23.1. The molecule has 0 aromatic heterocycles. The lowest BCUT2D eigenvalue weighted by molar-refractivity contribution is 0.0839. The van der Waals surface area contributed by atoms with E-state index >= 15 is 0 Å². The van der Waals surface area contributed by atoms with Gasteiger partial charge in [-0.3, -0.25) is 4.79 Å². The Balaban J connectivity index is 2.15. The number of carbonyl (C=O) groups is 1. The van der Waals surface area contributed by atoms with Crippen molar-refractivity contribution in [3.8, 4) is 28.7 Å². The van der Waals surface area contributed by atoms with E-state index in [4.69, 9.17) is 4.74 Å². The minimum Gasteiger partial charge on any atom is -0.507 e. The number of hydrogen-bond acceptors (Lipinski definition) is 6. The Morgan fingerprint density at radius 2 is 1.74 bits per heavy atom. The number of fused-ring (bicyclic) bond motifs is 1. The Hall–Kier alpha value is -3.41. The van der Waals surface area contributed by atoms with Gasteiger partial charge in [0, 0.05) is 34.2 Å². The predicted octanol–water partition coefficient (Wildman–Crippen LogP) is 5.19. The Kier molecular flexibility index (Phi) is 5.77. The largest absolute Gasteiger partial charge is 0.507 e. The summed E-state index contributed by atoms with van der Waals surface area (Å²) < 4.78 is 6.10. The van der Waals surface area contributed by atoms with Crippen LogP contribution in [0, 0.1) is 0 Å². The van der Waals surface area contributed by atoms with Crippen molar-refractivity contribution >= 4 is 5.78 Å². The fourth-order valence-electron chi connectivity index (χ4n) is 3.68. The molecule has 1 aliphatic heterocycles. The lowest BCUT2D eigenvalue weighted by Gasteiger charge is -2.30. The molecule has 164 valence electrons. The number of allylic oxidation sites excluding steroid dienone is 3. The fourth-order valence-corrected chi connectivity index (χ4v) is 3.68. The van der Waals surface area contributed by atoms with Gasteiger partial charge in [0.2, 0.25) is 0 Å². The number of phenolic OH excluding ortho intramolecular Hbond substituents is 4. The molecular weight excluding hydrogens is 396 g/mol. The number of hydrogen-bond donors (Lipinski definition) is 4. The lowest BCUT2D eigenvalue weighted by Crippen LogP contribution is -2.23. The molecule has 1 atom stereocenters. The summed E-state index contributed by atoms with van der Waals surface area (Å²) in [7, 11) is 0. The van der Waals surface area contributed by atoms with E-state index in [0.29, 0.717) is 23.1 Å². The van der Waals surface area contributed by atoms with Gasteiger partial charge in [0.05, 0.1) is 6.42 Å². The number of ether oxygens (including phenoxy) is 1. The van der Waals surface area contributed by atoms with Crippen LogP contribution in [0.2, 0.25) is 0 Å². The van der Waals surface area contributed by atoms with E-state index < -0.39 is 11.5 Å². The van der Waals surface area contributed by atoms with Crippen molar-refractivity contribution in [2.75, 3.05) is 0 Å². The van der Waals surface area contributed by atoms with E-state index in [0.717, 1.165) is 11.6 Å². The highest BCUT2D eigenvalue weighted by Gasteiger charge is 2.35. The number of aromatic hydroxyl groups is 4. The number of carbonyl (C=O) groups excluding carboxylic acids is 1. The molecule has 0 amide bonds. The molecule has 1 aliphatic rings. The van der Waals surface area contributed by atoms with Crippen molar-refractivity contribution in [1.82, 2.24) is 0 Å². The van der Waals surface area contributed by atoms with Gasteiger partial charge in [-0.05, 0) is 26.3 Å². The third-order valence-corrected chi connectivity index (χ3v) is 5.66. The SMILES string of the molecule is C=CC(C)(C)c1cc(C2CC(=O)c3c(O)cc(O)c(CC=C(C)C)c3O2)c(O)cc1O. The number of ketones is 1. The van der Waals surface area contributed by atoms with E-state index in [1.165, 1.54) is 6.07 Å². The molecule has 2 aromatic carbocycles. The van der Waals surface area contributed by atoms with Crippen LogP contribution < -0.4 is 4.74 Å². The molecule has 0 spiro atoms. The first-order valence-corrected chi connectivity index (χ1v) is 10.1. The minimum atomic E-state index is -0.855. The molecule has 0 saturated carbocycles. The van der Waals surface area contributed by atoms with Gasteiger partial charge < -0.3 is 25.2 Å².